The monoisotopic (exact) mass is 305 g/mol. The van der Waals surface area contributed by atoms with Gasteiger partial charge in [-0.2, -0.15) is 18.2 Å². The van der Waals surface area contributed by atoms with E-state index in [1.165, 1.54) is 18.2 Å². The smallest absolute Gasteiger partial charge is 0.457 e. The normalized spacial score (nSPS) is 11.4. The zero-order valence-corrected chi connectivity index (χ0v) is 11.0. The Bertz CT molecular complexity index is 770. The summed E-state index contributed by atoms with van der Waals surface area (Å²) in [6.45, 7) is 0. The van der Waals surface area contributed by atoms with Gasteiger partial charge in [0.1, 0.15) is 11.5 Å². The zero-order chi connectivity index (χ0) is 15.6. The van der Waals surface area contributed by atoms with Crippen molar-refractivity contribution in [2.24, 2.45) is 0 Å². The maximum Gasteiger partial charge on any atom is 0.471 e. The zero-order valence-electron chi connectivity index (χ0n) is 11.0. The van der Waals surface area contributed by atoms with Crippen molar-refractivity contribution in [1.82, 2.24) is 10.1 Å². The standard InChI is InChI=1S/C15H8F3N2O2/c16-15(17,18)14-19-13(20-22-14)10-5-4-8-12(9-10)21-11-6-2-1-3-7-11/h1-7,9H. The summed E-state index contributed by atoms with van der Waals surface area (Å²) in [5, 5.41) is 3.33. The molecule has 2 aromatic carbocycles. The number of rotatable bonds is 3. The van der Waals surface area contributed by atoms with Crippen LogP contribution in [-0.2, 0) is 6.18 Å². The van der Waals surface area contributed by atoms with Crippen molar-refractivity contribution in [3.63, 3.8) is 0 Å². The van der Waals surface area contributed by atoms with Gasteiger partial charge in [-0.25, -0.2) is 0 Å². The van der Waals surface area contributed by atoms with E-state index in [9.17, 15) is 13.2 Å². The Hall–Kier alpha value is -2.83. The van der Waals surface area contributed by atoms with Crippen LogP contribution in [0.4, 0.5) is 13.2 Å². The van der Waals surface area contributed by atoms with Crippen molar-refractivity contribution in [2.75, 3.05) is 0 Å². The molecule has 0 aliphatic heterocycles. The number of para-hydroxylation sites is 1. The molecular formula is C15H8F3N2O2. The second-order valence-electron chi connectivity index (χ2n) is 4.28. The fourth-order valence-corrected chi connectivity index (χ4v) is 1.71. The van der Waals surface area contributed by atoms with Crippen molar-refractivity contribution in [2.45, 2.75) is 6.18 Å². The molecule has 0 saturated heterocycles. The quantitative estimate of drug-likeness (QED) is 0.722. The van der Waals surface area contributed by atoms with Crippen molar-refractivity contribution >= 4 is 0 Å². The molecule has 0 atom stereocenters. The number of hydrogen-bond donors (Lipinski definition) is 0. The van der Waals surface area contributed by atoms with E-state index in [0.29, 0.717) is 17.1 Å². The third-order valence-electron chi connectivity index (χ3n) is 2.67. The van der Waals surface area contributed by atoms with Gasteiger partial charge in [0.2, 0.25) is 5.82 Å². The summed E-state index contributed by atoms with van der Waals surface area (Å²) in [7, 11) is 0. The maximum atomic E-state index is 12.5. The second kappa shape index (κ2) is 5.51. The SMILES string of the molecule is FC(F)(F)c1nc(-c2cc[c]c(Oc3ccccc3)c2)no1. The van der Waals surface area contributed by atoms with E-state index in [-0.39, 0.29) is 5.82 Å². The molecule has 1 heterocycles. The number of ether oxygens (including phenoxy) is 1. The van der Waals surface area contributed by atoms with E-state index < -0.39 is 12.1 Å². The Kier molecular flexibility index (Phi) is 3.54. The predicted molar refractivity (Wildman–Crippen MR) is 70.1 cm³/mol. The molecule has 3 aromatic rings. The molecule has 4 nitrogen and oxygen atoms in total. The van der Waals surface area contributed by atoms with Crippen LogP contribution in [0, 0.1) is 6.07 Å². The van der Waals surface area contributed by atoms with E-state index in [1.54, 1.807) is 24.3 Å². The third-order valence-corrected chi connectivity index (χ3v) is 2.67. The average molecular weight is 305 g/mol. The number of benzene rings is 2. The molecule has 0 saturated carbocycles. The molecule has 0 unspecified atom stereocenters. The Balaban J connectivity index is 1.86. The molecule has 1 aromatic heterocycles. The fourth-order valence-electron chi connectivity index (χ4n) is 1.71. The molecular weight excluding hydrogens is 297 g/mol. The first-order valence-electron chi connectivity index (χ1n) is 6.18. The Morgan fingerprint density at radius 3 is 2.55 bits per heavy atom. The minimum Gasteiger partial charge on any atom is -0.457 e. The Morgan fingerprint density at radius 2 is 1.86 bits per heavy atom. The summed E-state index contributed by atoms with van der Waals surface area (Å²) in [6.07, 6.45) is -4.67. The van der Waals surface area contributed by atoms with Crippen molar-refractivity contribution in [1.29, 1.82) is 0 Å². The van der Waals surface area contributed by atoms with Gasteiger partial charge in [-0.3, -0.25) is 0 Å². The van der Waals surface area contributed by atoms with E-state index in [1.807, 2.05) is 6.07 Å². The van der Waals surface area contributed by atoms with E-state index in [4.69, 9.17) is 4.74 Å². The molecule has 0 bridgehead atoms. The van der Waals surface area contributed by atoms with Crippen molar-refractivity contribution in [3.8, 4) is 22.9 Å². The highest BCUT2D eigenvalue weighted by atomic mass is 19.4. The first-order valence-corrected chi connectivity index (χ1v) is 6.18. The van der Waals surface area contributed by atoms with Gasteiger partial charge < -0.3 is 9.26 Å². The number of nitrogens with zero attached hydrogens (tertiary/aromatic N) is 2. The molecule has 0 aliphatic carbocycles. The molecule has 22 heavy (non-hydrogen) atoms. The largest absolute Gasteiger partial charge is 0.471 e. The van der Waals surface area contributed by atoms with Crippen molar-refractivity contribution < 1.29 is 22.4 Å². The van der Waals surface area contributed by atoms with Gasteiger partial charge in [0, 0.05) is 11.6 Å². The van der Waals surface area contributed by atoms with Gasteiger partial charge >= 0.3 is 12.1 Å². The predicted octanol–water partition coefficient (Wildman–Crippen LogP) is 4.35. The second-order valence-corrected chi connectivity index (χ2v) is 4.28. The van der Waals surface area contributed by atoms with Crippen LogP contribution < -0.4 is 4.74 Å². The minimum atomic E-state index is -4.67. The molecule has 7 heteroatoms. The maximum absolute atomic E-state index is 12.5. The number of halogens is 3. The summed E-state index contributed by atoms with van der Waals surface area (Å²) in [4.78, 5) is 3.33. The van der Waals surface area contributed by atoms with Crippen LogP contribution >= 0.6 is 0 Å². The summed E-state index contributed by atoms with van der Waals surface area (Å²) >= 11 is 0. The first-order chi connectivity index (χ1) is 10.5. The van der Waals surface area contributed by atoms with Crippen LogP contribution in [0.5, 0.6) is 11.5 Å². The lowest BCUT2D eigenvalue weighted by Crippen LogP contribution is -2.04. The summed E-state index contributed by atoms with van der Waals surface area (Å²) < 4.78 is 47.1. The van der Waals surface area contributed by atoms with Crippen LogP contribution in [0.1, 0.15) is 5.89 Å². The lowest BCUT2D eigenvalue weighted by Gasteiger charge is -2.05. The molecule has 0 aliphatic rings. The lowest BCUT2D eigenvalue weighted by atomic mass is 10.2. The van der Waals surface area contributed by atoms with Gasteiger partial charge in [-0.05, 0) is 24.3 Å². The van der Waals surface area contributed by atoms with E-state index in [0.717, 1.165) is 0 Å². The van der Waals surface area contributed by atoms with Crippen LogP contribution in [0.3, 0.4) is 0 Å². The van der Waals surface area contributed by atoms with Gasteiger partial charge in [0.15, 0.2) is 0 Å². The van der Waals surface area contributed by atoms with Gasteiger partial charge in [-0.15, -0.1) is 0 Å². The van der Waals surface area contributed by atoms with Gasteiger partial charge in [0.05, 0.1) is 0 Å². The van der Waals surface area contributed by atoms with Gasteiger partial charge in [0.25, 0.3) is 0 Å². The van der Waals surface area contributed by atoms with Gasteiger partial charge in [-0.1, -0.05) is 29.4 Å². The highest BCUT2D eigenvalue weighted by molar-refractivity contribution is 5.57. The number of hydrogen-bond acceptors (Lipinski definition) is 4. The number of aromatic nitrogens is 2. The topological polar surface area (TPSA) is 48.2 Å². The summed E-state index contributed by atoms with van der Waals surface area (Å²) in [5.41, 5.74) is 0.337. The minimum absolute atomic E-state index is 0.167. The molecule has 3 rings (SSSR count). The van der Waals surface area contributed by atoms with Crippen LogP contribution in [-0.4, -0.2) is 10.1 Å². The van der Waals surface area contributed by atoms with Crippen LogP contribution in [0.2, 0.25) is 0 Å². The van der Waals surface area contributed by atoms with Crippen LogP contribution in [0.25, 0.3) is 11.4 Å². The highest BCUT2D eigenvalue weighted by Gasteiger charge is 2.38. The Morgan fingerprint density at radius 1 is 1.09 bits per heavy atom. The third kappa shape index (κ3) is 3.08. The number of alkyl halides is 3. The molecule has 1 radical (unpaired) electrons. The Labute approximate surface area is 123 Å². The molecule has 0 N–H and O–H groups in total. The molecule has 0 fully saturated rings. The average Bonchev–Trinajstić information content (AvgIpc) is 2.99. The van der Waals surface area contributed by atoms with E-state index >= 15 is 0 Å². The first kappa shape index (κ1) is 14.1. The molecule has 0 amide bonds. The van der Waals surface area contributed by atoms with E-state index in [2.05, 4.69) is 20.7 Å². The summed E-state index contributed by atoms with van der Waals surface area (Å²) in [5.74, 6) is -0.637. The van der Waals surface area contributed by atoms with Crippen molar-refractivity contribution in [3.05, 3.63) is 60.5 Å². The lowest BCUT2D eigenvalue weighted by molar-refractivity contribution is -0.159. The highest BCUT2D eigenvalue weighted by Crippen LogP contribution is 2.30. The van der Waals surface area contributed by atoms with Crippen LogP contribution in [0.15, 0.2) is 53.1 Å². The molecule has 111 valence electrons. The summed E-state index contributed by atoms with van der Waals surface area (Å²) in [6, 6.07) is 16.3. The molecule has 0 spiro atoms. The fraction of sp³-hybridized carbons (Fsp3) is 0.0667.